The first-order valence-electron chi connectivity index (χ1n) is 5.76. The van der Waals surface area contributed by atoms with Crippen LogP contribution in [0, 0.1) is 0 Å². The third-order valence-corrected chi connectivity index (χ3v) is 4.71. The van der Waals surface area contributed by atoms with E-state index in [4.69, 9.17) is 9.84 Å². The number of hydrogen-bond acceptors (Lipinski definition) is 6. The number of thioether (sulfide) groups is 1. The van der Waals surface area contributed by atoms with Crippen molar-refractivity contribution in [2.75, 3.05) is 26.5 Å². The van der Waals surface area contributed by atoms with Crippen LogP contribution >= 0.6 is 11.8 Å². The van der Waals surface area contributed by atoms with Crippen LogP contribution in [0.3, 0.4) is 0 Å². The van der Waals surface area contributed by atoms with Crippen LogP contribution in [-0.4, -0.2) is 59.6 Å². The maximum Gasteiger partial charge on any atom is 0.326 e. The lowest BCUT2D eigenvalue weighted by Gasteiger charge is -2.25. The molecular formula is C11H21NO4S. The van der Waals surface area contributed by atoms with Crippen LogP contribution in [-0.2, 0) is 9.53 Å². The van der Waals surface area contributed by atoms with Crippen LogP contribution in [0.25, 0.3) is 0 Å². The summed E-state index contributed by atoms with van der Waals surface area (Å²) in [4.78, 5) is 11.7. The average molecular weight is 263 g/mol. The van der Waals surface area contributed by atoms with E-state index in [2.05, 4.69) is 5.32 Å². The van der Waals surface area contributed by atoms with E-state index in [1.165, 1.54) is 7.11 Å². The minimum Gasteiger partial charge on any atom is -0.468 e. The lowest BCUT2D eigenvalue weighted by molar-refractivity contribution is -0.148. The summed E-state index contributed by atoms with van der Waals surface area (Å²) in [7, 11) is 3.17. The van der Waals surface area contributed by atoms with Gasteiger partial charge in [-0.2, -0.15) is 11.8 Å². The summed E-state index contributed by atoms with van der Waals surface area (Å²) in [5, 5.41) is 21.4. The van der Waals surface area contributed by atoms with E-state index in [0.29, 0.717) is 17.4 Å². The van der Waals surface area contributed by atoms with Crippen molar-refractivity contribution < 1.29 is 19.7 Å². The first-order valence-corrected chi connectivity index (χ1v) is 6.80. The molecule has 0 heterocycles. The number of carbonyl (C=O) groups excluding carboxylic acids is 1. The average Bonchev–Trinajstić information content (AvgIpc) is 2.79. The molecule has 0 radical (unpaired) electrons. The summed E-state index contributed by atoms with van der Waals surface area (Å²) < 4.78 is 4.82. The second kappa shape index (κ2) is 6.58. The summed E-state index contributed by atoms with van der Waals surface area (Å²) in [6.45, 7) is -0.214. The number of aliphatic hydroxyl groups excluding tert-OH is 2. The molecule has 0 aromatic rings. The Morgan fingerprint density at radius 1 is 1.71 bits per heavy atom. The van der Waals surface area contributed by atoms with Crippen LogP contribution in [0.2, 0.25) is 0 Å². The molecule has 1 saturated carbocycles. The molecule has 0 bridgehead atoms. The number of likely N-dealkylation sites (N-methyl/N-ethyl adjacent to an activating group) is 1. The number of nitrogens with one attached hydrogen (secondary N) is 1. The zero-order valence-electron chi connectivity index (χ0n) is 10.3. The molecule has 1 aliphatic carbocycles. The Balaban J connectivity index is 2.47. The molecule has 0 aliphatic heterocycles. The highest BCUT2D eigenvalue weighted by molar-refractivity contribution is 7.99. The lowest BCUT2D eigenvalue weighted by atomic mass is 9.98. The molecule has 3 N–H and O–H groups in total. The summed E-state index contributed by atoms with van der Waals surface area (Å²) >= 11 is 1.60. The Morgan fingerprint density at radius 2 is 2.41 bits per heavy atom. The van der Waals surface area contributed by atoms with Gasteiger partial charge in [-0.3, -0.25) is 4.79 Å². The van der Waals surface area contributed by atoms with Gasteiger partial charge in [-0.15, -0.1) is 0 Å². The number of rotatable bonds is 6. The number of esters is 1. The molecule has 100 valence electrons. The maximum atomic E-state index is 11.7. The normalized spacial score (nSPS) is 30.2. The highest BCUT2D eigenvalue weighted by Crippen LogP contribution is 2.37. The van der Waals surface area contributed by atoms with Crippen molar-refractivity contribution in [1.29, 1.82) is 0 Å². The second-order valence-electron chi connectivity index (χ2n) is 4.36. The Morgan fingerprint density at radius 3 is 2.94 bits per heavy atom. The van der Waals surface area contributed by atoms with Gasteiger partial charge in [0, 0.05) is 11.0 Å². The monoisotopic (exact) mass is 263 g/mol. The van der Waals surface area contributed by atoms with Gasteiger partial charge in [0.25, 0.3) is 0 Å². The molecular weight excluding hydrogens is 242 g/mol. The van der Waals surface area contributed by atoms with Crippen molar-refractivity contribution in [3.63, 3.8) is 0 Å². The van der Waals surface area contributed by atoms with Crippen LogP contribution < -0.4 is 5.32 Å². The van der Waals surface area contributed by atoms with Crippen molar-refractivity contribution in [3.8, 4) is 0 Å². The molecule has 3 unspecified atom stereocenters. The Labute approximate surface area is 106 Å². The van der Waals surface area contributed by atoms with E-state index in [9.17, 15) is 9.90 Å². The van der Waals surface area contributed by atoms with Crippen LogP contribution in [0.5, 0.6) is 0 Å². The topological polar surface area (TPSA) is 78.8 Å². The minimum absolute atomic E-state index is 0.214. The van der Waals surface area contributed by atoms with Gasteiger partial charge in [-0.25, -0.2) is 0 Å². The highest BCUT2D eigenvalue weighted by Gasteiger charge is 2.45. The van der Waals surface area contributed by atoms with Crippen molar-refractivity contribution in [3.05, 3.63) is 0 Å². The van der Waals surface area contributed by atoms with Gasteiger partial charge in [0.1, 0.15) is 5.54 Å². The van der Waals surface area contributed by atoms with E-state index in [1.54, 1.807) is 18.8 Å². The predicted octanol–water partition coefficient (Wildman–Crippen LogP) is -0.244. The fourth-order valence-corrected chi connectivity index (χ4v) is 3.44. The van der Waals surface area contributed by atoms with Gasteiger partial charge in [-0.05, 0) is 26.3 Å². The van der Waals surface area contributed by atoms with Gasteiger partial charge in [-0.1, -0.05) is 0 Å². The van der Waals surface area contributed by atoms with E-state index in [0.717, 1.165) is 12.8 Å². The number of ether oxygens (including phenoxy) is 1. The standard InChI is InChI=1S/C11H21NO4S/c1-12-11(10(15)16-2)4-3-9(5-11)17-7-8(14)6-13/h8-9,12-14H,3-7H2,1-2H3. The first kappa shape index (κ1) is 14.8. The first-order chi connectivity index (χ1) is 8.07. The molecule has 3 atom stereocenters. The molecule has 1 rings (SSSR count). The molecule has 0 spiro atoms. The van der Waals surface area contributed by atoms with E-state index >= 15 is 0 Å². The number of methoxy groups -OCH3 is 1. The molecule has 0 aromatic heterocycles. The molecule has 0 saturated heterocycles. The third-order valence-electron chi connectivity index (χ3n) is 3.26. The van der Waals surface area contributed by atoms with E-state index in [-0.39, 0.29) is 12.6 Å². The van der Waals surface area contributed by atoms with Crippen molar-refractivity contribution in [2.45, 2.75) is 36.2 Å². The fourth-order valence-electron chi connectivity index (χ4n) is 2.15. The van der Waals surface area contributed by atoms with Gasteiger partial charge in [0.15, 0.2) is 0 Å². The number of hydrogen-bond donors (Lipinski definition) is 3. The summed E-state index contributed by atoms with van der Waals surface area (Å²) in [5.74, 6) is 0.285. The van der Waals surface area contributed by atoms with Crippen LogP contribution in [0.4, 0.5) is 0 Å². The second-order valence-corrected chi connectivity index (χ2v) is 5.69. The number of carbonyl (C=O) groups is 1. The van der Waals surface area contributed by atoms with Crippen molar-refractivity contribution in [1.82, 2.24) is 5.32 Å². The fraction of sp³-hybridized carbons (Fsp3) is 0.909. The van der Waals surface area contributed by atoms with Gasteiger partial charge in [0.2, 0.25) is 0 Å². The van der Waals surface area contributed by atoms with Crippen molar-refractivity contribution in [2.24, 2.45) is 0 Å². The predicted molar refractivity (Wildman–Crippen MR) is 67.0 cm³/mol. The van der Waals surface area contributed by atoms with Gasteiger partial charge in [0.05, 0.1) is 19.8 Å². The summed E-state index contributed by atoms with van der Waals surface area (Å²) in [6, 6.07) is 0. The van der Waals surface area contributed by atoms with E-state index < -0.39 is 11.6 Å². The Bertz CT molecular complexity index is 264. The summed E-state index contributed by atoms with van der Waals surface area (Å²) in [5.41, 5.74) is -0.573. The van der Waals surface area contributed by atoms with Gasteiger partial charge >= 0.3 is 5.97 Å². The SMILES string of the molecule is CNC1(C(=O)OC)CCC(SCC(O)CO)C1. The molecule has 5 nitrogen and oxygen atoms in total. The Kier molecular flexibility index (Phi) is 5.72. The van der Waals surface area contributed by atoms with Crippen molar-refractivity contribution >= 4 is 17.7 Å². The van der Waals surface area contributed by atoms with Crippen LogP contribution in [0.1, 0.15) is 19.3 Å². The largest absolute Gasteiger partial charge is 0.468 e. The smallest absolute Gasteiger partial charge is 0.326 e. The Hall–Kier alpha value is -0.300. The van der Waals surface area contributed by atoms with E-state index in [1.807, 2.05) is 0 Å². The highest BCUT2D eigenvalue weighted by atomic mass is 32.2. The molecule has 6 heteroatoms. The lowest BCUT2D eigenvalue weighted by Crippen LogP contribution is -2.49. The molecule has 17 heavy (non-hydrogen) atoms. The molecule has 0 aromatic carbocycles. The zero-order chi connectivity index (χ0) is 12.9. The number of aliphatic hydroxyl groups is 2. The maximum absolute atomic E-state index is 11.7. The zero-order valence-corrected chi connectivity index (χ0v) is 11.1. The molecule has 1 fully saturated rings. The quantitative estimate of drug-likeness (QED) is 0.574. The van der Waals surface area contributed by atoms with Gasteiger partial charge < -0.3 is 20.3 Å². The minimum atomic E-state index is -0.678. The third kappa shape index (κ3) is 3.58. The molecule has 1 aliphatic rings. The van der Waals surface area contributed by atoms with Crippen LogP contribution in [0.15, 0.2) is 0 Å². The summed E-state index contributed by atoms with van der Waals surface area (Å²) in [6.07, 6.45) is 1.70. The molecule has 0 amide bonds.